The summed E-state index contributed by atoms with van der Waals surface area (Å²) >= 11 is 0. The molecule has 6 heteroatoms. The van der Waals surface area contributed by atoms with Crippen molar-refractivity contribution in [2.45, 2.75) is 31.3 Å². The molecule has 0 aliphatic carbocycles. The molecule has 1 aliphatic rings. The Kier molecular flexibility index (Phi) is 4.21. The molecule has 0 bridgehead atoms. The van der Waals surface area contributed by atoms with E-state index in [4.69, 9.17) is 4.74 Å². The standard InChI is InChI=1S/C17H18F3NO2/c1-21-7-6-12(10-16(21)22)23-13-8-11-4-2-3-5-14(11)15(9-13)17(18,19)20/h2-5,8-9,12,16,22H,6-7,10H2,1H3. The van der Waals surface area contributed by atoms with Crippen LogP contribution in [0.5, 0.6) is 5.75 Å². The molecule has 124 valence electrons. The number of piperidine rings is 1. The third-order valence-electron chi connectivity index (χ3n) is 4.23. The smallest absolute Gasteiger partial charge is 0.417 e. The lowest BCUT2D eigenvalue weighted by molar-refractivity contribution is -0.136. The Bertz CT molecular complexity index is 702. The van der Waals surface area contributed by atoms with Gasteiger partial charge in [0.2, 0.25) is 0 Å². The number of aliphatic hydroxyl groups is 1. The van der Waals surface area contributed by atoms with E-state index in [9.17, 15) is 18.3 Å². The Morgan fingerprint density at radius 3 is 2.65 bits per heavy atom. The largest absolute Gasteiger partial charge is 0.490 e. The number of aliphatic hydroxyl groups excluding tert-OH is 1. The van der Waals surface area contributed by atoms with Crippen LogP contribution in [0, 0.1) is 0 Å². The maximum absolute atomic E-state index is 13.3. The van der Waals surface area contributed by atoms with Gasteiger partial charge in [0.05, 0.1) is 5.56 Å². The fourth-order valence-electron chi connectivity index (χ4n) is 2.91. The van der Waals surface area contributed by atoms with Gasteiger partial charge in [-0.2, -0.15) is 13.2 Å². The molecule has 0 amide bonds. The molecule has 0 aromatic heterocycles. The number of benzene rings is 2. The first-order valence-electron chi connectivity index (χ1n) is 7.49. The molecule has 0 spiro atoms. The highest BCUT2D eigenvalue weighted by molar-refractivity contribution is 5.87. The Labute approximate surface area is 132 Å². The highest BCUT2D eigenvalue weighted by Crippen LogP contribution is 2.38. The Morgan fingerprint density at radius 2 is 1.96 bits per heavy atom. The predicted molar refractivity (Wildman–Crippen MR) is 81.2 cm³/mol. The van der Waals surface area contributed by atoms with Crippen LogP contribution >= 0.6 is 0 Å². The lowest BCUT2D eigenvalue weighted by Gasteiger charge is -2.34. The molecule has 1 N–H and O–H groups in total. The fourth-order valence-corrected chi connectivity index (χ4v) is 2.91. The van der Waals surface area contributed by atoms with Crippen molar-refractivity contribution in [1.29, 1.82) is 0 Å². The number of nitrogens with zero attached hydrogens (tertiary/aromatic N) is 1. The van der Waals surface area contributed by atoms with Crippen LogP contribution in [-0.2, 0) is 6.18 Å². The number of fused-ring (bicyclic) bond motifs is 1. The van der Waals surface area contributed by atoms with E-state index in [2.05, 4.69) is 0 Å². The minimum atomic E-state index is -4.44. The first kappa shape index (κ1) is 16.1. The van der Waals surface area contributed by atoms with E-state index in [0.29, 0.717) is 24.8 Å². The van der Waals surface area contributed by atoms with Crippen molar-refractivity contribution in [3.05, 3.63) is 42.0 Å². The molecule has 23 heavy (non-hydrogen) atoms. The van der Waals surface area contributed by atoms with Crippen molar-refractivity contribution in [1.82, 2.24) is 4.90 Å². The molecule has 1 fully saturated rings. The maximum Gasteiger partial charge on any atom is 0.417 e. The lowest BCUT2D eigenvalue weighted by Crippen LogP contribution is -2.43. The maximum atomic E-state index is 13.3. The number of likely N-dealkylation sites (tertiary alicyclic amines) is 1. The number of ether oxygens (including phenoxy) is 1. The van der Waals surface area contributed by atoms with Gasteiger partial charge in [0, 0.05) is 13.0 Å². The zero-order valence-electron chi connectivity index (χ0n) is 12.7. The summed E-state index contributed by atoms with van der Waals surface area (Å²) in [5.74, 6) is 0.192. The van der Waals surface area contributed by atoms with Crippen molar-refractivity contribution in [3.8, 4) is 5.75 Å². The summed E-state index contributed by atoms with van der Waals surface area (Å²) in [4.78, 5) is 1.79. The Balaban J connectivity index is 1.92. The summed E-state index contributed by atoms with van der Waals surface area (Å²) in [5.41, 5.74) is -0.695. The quantitative estimate of drug-likeness (QED) is 0.915. The van der Waals surface area contributed by atoms with Gasteiger partial charge < -0.3 is 9.84 Å². The van der Waals surface area contributed by atoms with E-state index in [0.717, 1.165) is 6.07 Å². The van der Waals surface area contributed by atoms with Gasteiger partial charge in [0.25, 0.3) is 0 Å². The Morgan fingerprint density at radius 1 is 1.22 bits per heavy atom. The lowest BCUT2D eigenvalue weighted by atomic mass is 10.0. The van der Waals surface area contributed by atoms with Gasteiger partial charge in [-0.3, -0.25) is 4.90 Å². The van der Waals surface area contributed by atoms with Crippen molar-refractivity contribution in [2.75, 3.05) is 13.6 Å². The average Bonchev–Trinajstić information content (AvgIpc) is 2.49. The van der Waals surface area contributed by atoms with Gasteiger partial charge in [-0.15, -0.1) is 0 Å². The van der Waals surface area contributed by atoms with Crippen molar-refractivity contribution >= 4 is 10.8 Å². The van der Waals surface area contributed by atoms with Gasteiger partial charge in [0.15, 0.2) is 0 Å². The van der Waals surface area contributed by atoms with E-state index in [-0.39, 0.29) is 17.2 Å². The molecule has 3 nitrogen and oxygen atoms in total. The van der Waals surface area contributed by atoms with E-state index in [1.807, 2.05) is 0 Å². The second kappa shape index (κ2) is 6.02. The van der Waals surface area contributed by atoms with E-state index in [1.54, 1.807) is 36.2 Å². The molecule has 2 aromatic carbocycles. The van der Waals surface area contributed by atoms with Crippen molar-refractivity contribution < 1.29 is 23.0 Å². The molecular weight excluding hydrogens is 307 g/mol. The molecule has 2 aromatic rings. The minimum Gasteiger partial charge on any atom is -0.490 e. The number of halogens is 3. The second-order valence-corrected chi connectivity index (χ2v) is 5.92. The summed E-state index contributed by atoms with van der Waals surface area (Å²) in [6.07, 6.45) is -4.31. The molecule has 0 saturated carbocycles. The summed E-state index contributed by atoms with van der Waals surface area (Å²) in [5, 5.41) is 10.5. The third kappa shape index (κ3) is 3.43. The van der Waals surface area contributed by atoms with E-state index >= 15 is 0 Å². The summed E-state index contributed by atoms with van der Waals surface area (Å²) in [6.45, 7) is 0.644. The highest BCUT2D eigenvalue weighted by Gasteiger charge is 2.33. The first-order valence-corrected chi connectivity index (χ1v) is 7.49. The van der Waals surface area contributed by atoms with E-state index < -0.39 is 18.0 Å². The van der Waals surface area contributed by atoms with E-state index in [1.165, 1.54) is 6.07 Å². The average molecular weight is 325 g/mol. The van der Waals surface area contributed by atoms with Gasteiger partial charge >= 0.3 is 6.18 Å². The summed E-state index contributed by atoms with van der Waals surface area (Å²) in [7, 11) is 1.80. The molecule has 1 heterocycles. The number of rotatable bonds is 2. The first-order chi connectivity index (χ1) is 10.8. The third-order valence-corrected chi connectivity index (χ3v) is 4.23. The van der Waals surface area contributed by atoms with Crippen LogP contribution < -0.4 is 4.74 Å². The Hall–Kier alpha value is -1.79. The summed E-state index contributed by atoms with van der Waals surface area (Å²) < 4.78 is 45.6. The topological polar surface area (TPSA) is 32.7 Å². The van der Waals surface area contributed by atoms with Crippen LogP contribution in [-0.4, -0.2) is 35.9 Å². The number of hydrogen-bond acceptors (Lipinski definition) is 3. The zero-order chi connectivity index (χ0) is 16.6. The highest BCUT2D eigenvalue weighted by atomic mass is 19.4. The normalized spacial score (nSPS) is 23.2. The van der Waals surface area contributed by atoms with Crippen LogP contribution in [0.4, 0.5) is 13.2 Å². The van der Waals surface area contributed by atoms with Crippen molar-refractivity contribution in [2.24, 2.45) is 0 Å². The number of alkyl halides is 3. The molecule has 2 unspecified atom stereocenters. The molecule has 1 saturated heterocycles. The molecule has 1 aliphatic heterocycles. The van der Waals surface area contributed by atoms with Crippen molar-refractivity contribution in [3.63, 3.8) is 0 Å². The molecule has 3 rings (SSSR count). The van der Waals surface area contributed by atoms with Crippen LogP contribution in [0.2, 0.25) is 0 Å². The summed E-state index contributed by atoms with van der Waals surface area (Å²) in [6, 6.07) is 9.06. The van der Waals surface area contributed by atoms with Gasteiger partial charge in [0.1, 0.15) is 18.1 Å². The SMILES string of the molecule is CN1CCC(Oc2cc(C(F)(F)F)c3ccccc3c2)CC1O. The van der Waals surface area contributed by atoms with Crippen LogP contribution in [0.25, 0.3) is 10.8 Å². The zero-order valence-corrected chi connectivity index (χ0v) is 12.7. The number of hydrogen-bond donors (Lipinski definition) is 1. The van der Waals surface area contributed by atoms with Gasteiger partial charge in [-0.05, 0) is 36.4 Å². The monoisotopic (exact) mass is 325 g/mol. The molecular formula is C17H18F3NO2. The van der Waals surface area contributed by atoms with Crippen LogP contribution in [0.1, 0.15) is 18.4 Å². The minimum absolute atomic E-state index is 0.163. The predicted octanol–water partition coefficient (Wildman–Crippen LogP) is 3.65. The fraction of sp³-hybridized carbons (Fsp3) is 0.412. The molecule has 2 atom stereocenters. The van der Waals surface area contributed by atoms with Crippen LogP contribution in [0.15, 0.2) is 36.4 Å². The van der Waals surface area contributed by atoms with Gasteiger partial charge in [-0.1, -0.05) is 24.3 Å². The van der Waals surface area contributed by atoms with Crippen LogP contribution in [0.3, 0.4) is 0 Å². The second-order valence-electron chi connectivity index (χ2n) is 5.92. The molecule has 0 radical (unpaired) electrons. The van der Waals surface area contributed by atoms with Gasteiger partial charge in [-0.25, -0.2) is 0 Å².